The van der Waals surface area contributed by atoms with Crippen LogP contribution in [0.2, 0.25) is 0 Å². The molecule has 4 aromatic carbocycles. The van der Waals surface area contributed by atoms with Gasteiger partial charge < -0.3 is 9.88 Å². The van der Waals surface area contributed by atoms with E-state index in [2.05, 4.69) is 58.4 Å². The van der Waals surface area contributed by atoms with Crippen molar-refractivity contribution in [2.24, 2.45) is 0 Å². The summed E-state index contributed by atoms with van der Waals surface area (Å²) in [6, 6.07) is 30.6. The molecule has 31 heavy (non-hydrogen) atoms. The summed E-state index contributed by atoms with van der Waals surface area (Å²) in [6.45, 7) is 3.01. The molecule has 0 fully saturated rings. The first-order valence-corrected chi connectivity index (χ1v) is 10.5. The third-order valence-corrected chi connectivity index (χ3v) is 5.74. The Bertz CT molecular complexity index is 1400. The Labute approximate surface area is 181 Å². The summed E-state index contributed by atoms with van der Waals surface area (Å²) >= 11 is 0. The van der Waals surface area contributed by atoms with E-state index in [9.17, 15) is 4.79 Å². The van der Waals surface area contributed by atoms with Crippen molar-refractivity contribution in [1.82, 2.24) is 14.9 Å². The lowest BCUT2D eigenvalue weighted by Crippen LogP contribution is -2.25. The molecule has 1 amide bonds. The number of amides is 1. The minimum Gasteiger partial charge on any atom is -0.345 e. The standard InChI is InChI=1S/C27H23N3O/c1-19-9-2-4-13-22(19)27(31)28-17-26-29-24-15-6-7-16-25(24)30(26)18-21-12-8-11-20-10-3-5-14-23(20)21/h2-16H,17-18H2,1H3,(H,28,31). The zero-order chi connectivity index (χ0) is 21.2. The van der Waals surface area contributed by atoms with Crippen molar-refractivity contribution in [3.8, 4) is 0 Å². The van der Waals surface area contributed by atoms with Crippen molar-refractivity contribution in [2.45, 2.75) is 20.0 Å². The van der Waals surface area contributed by atoms with Gasteiger partial charge in [-0.3, -0.25) is 4.79 Å². The van der Waals surface area contributed by atoms with Crippen LogP contribution in [-0.2, 0) is 13.1 Å². The van der Waals surface area contributed by atoms with Gasteiger partial charge in [0.1, 0.15) is 5.82 Å². The summed E-state index contributed by atoms with van der Waals surface area (Å²) in [5, 5.41) is 5.51. The lowest BCUT2D eigenvalue weighted by Gasteiger charge is -2.13. The molecule has 1 heterocycles. The van der Waals surface area contributed by atoms with Crippen LogP contribution in [0.5, 0.6) is 0 Å². The van der Waals surface area contributed by atoms with Crippen molar-refractivity contribution in [1.29, 1.82) is 0 Å². The van der Waals surface area contributed by atoms with Crippen LogP contribution in [0.1, 0.15) is 27.3 Å². The van der Waals surface area contributed by atoms with Gasteiger partial charge in [-0.25, -0.2) is 4.98 Å². The maximum absolute atomic E-state index is 12.8. The molecule has 5 aromatic rings. The highest BCUT2D eigenvalue weighted by Crippen LogP contribution is 2.23. The molecule has 0 atom stereocenters. The first-order valence-electron chi connectivity index (χ1n) is 10.5. The Morgan fingerprint density at radius 3 is 2.52 bits per heavy atom. The average molecular weight is 406 g/mol. The quantitative estimate of drug-likeness (QED) is 0.421. The fourth-order valence-electron chi connectivity index (χ4n) is 4.12. The number of aromatic nitrogens is 2. The van der Waals surface area contributed by atoms with Crippen LogP contribution in [-0.4, -0.2) is 15.5 Å². The van der Waals surface area contributed by atoms with Gasteiger partial charge in [-0.2, -0.15) is 0 Å². The number of imidazole rings is 1. The van der Waals surface area contributed by atoms with Crippen molar-refractivity contribution < 1.29 is 4.79 Å². The van der Waals surface area contributed by atoms with E-state index in [0.717, 1.165) is 22.4 Å². The maximum Gasteiger partial charge on any atom is 0.251 e. The molecule has 5 rings (SSSR count). The van der Waals surface area contributed by atoms with Crippen LogP contribution in [0.25, 0.3) is 21.8 Å². The topological polar surface area (TPSA) is 46.9 Å². The number of aryl methyl sites for hydroxylation is 1. The Balaban J connectivity index is 1.50. The Morgan fingerprint density at radius 2 is 1.61 bits per heavy atom. The molecule has 0 saturated heterocycles. The molecule has 0 bridgehead atoms. The highest BCUT2D eigenvalue weighted by molar-refractivity contribution is 5.95. The third-order valence-electron chi connectivity index (χ3n) is 5.74. The second kappa shape index (κ2) is 8.07. The van der Waals surface area contributed by atoms with Gasteiger partial charge in [0.15, 0.2) is 0 Å². The van der Waals surface area contributed by atoms with E-state index in [1.807, 2.05) is 49.4 Å². The van der Waals surface area contributed by atoms with Crippen LogP contribution in [0.15, 0.2) is 91.0 Å². The number of carbonyl (C=O) groups is 1. The van der Waals surface area contributed by atoms with E-state index in [0.29, 0.717) is 18.7 Å². The van der Waals surface area contributed by atoms with Crippen molar-refractivity contribution >= 4 is 27.7 Å². The second-order valence-electron chi connectivity index (χ2n) is 7.74. The number of hydrogen-bond donors (Lipinski definition) is 1. The normalized spacial score (nSPS) is 11.1. The Hall–Kier alpha value is -3.92. The minimum atomic E-state index is -0.0816. The fourth-order valence-corrected chi connectivity index (χ4v) is 4.12. The van der Waals surface area contributed by atoms with Crippen molar-refractivity contribution in [3.05, 3.63) is 114 Å². The highest BCUT2D eigenvalue weighted by Gasteiger charge is 2.14. The van der Waals surface area contributed by atoms with E-state index in [1.54, 1.807) is 0 Å². The fraction of sp³-hybridized carbons (Fsp3) is 0.111. The van der Waals surface area contributed by atoms with Gasteiger partial charge in [0.2, 0.25) is 0 Å². The van der Waals surface area contributed by atoms with E-state index in [1.165, 1.54) is 16.3 Å². The number of fused-ring (bicyclic) bond motifs is 2. The summed E-state index contributed by atoms with van der Waals surface area (Å²) in [6.07, 6.45) is 0. The van der Waals surface area contributed by atoms with Crippen LogP contribution in [0.4, 0.5) is 0 Å². The molecule has 4 nitrogen and oxygen atoms in total. The predicted molar refractivity (Wildman–Crippen MR) is 125 cm³/mol. The Morgan fingerprint density at radius 1 is 0.871 bits per heavy atom. The van der Waals surface area contributed by atoms with Gasteiger partial charge in [-0.05, 0) is 47.0 Å². The lowest BCUT2D eigenvalue weighted by molar-refractivity contribution is 0.0949. The molecular weight excluding hydrogens is 382 g/mol. The first kappa shape index (κ1) is 19.1. The second-order valence-corrected chi connectivity index (χ2v) is 7.74. The number of nitrogens with one attached hydrogen (secondary N) is 1. The van der Waals surface area contributed by atoms with Gasteiger partial charge in [0, 0.05) is 5.56 Å². The maximum atomic E-state index is 12.8. The number of carbonyl (C=O) groups excluding carboxylic acids is 1. The minimum absolute atomic E-state index is 0.0816. The molecule has 0 radical (unpaired) electrons. The summed E-state index contributed by atoms with van der Waals surface area (Å²) in [4.78, 5) is 17.6. The molecule has 0 spiro atoms. The summed E-state index contributed by atoms with van der Waals surface area (Å²) in [7, 11) is 0. The van der Waals surface area contributed by atoms with Crippen molar-refractivity contribution in [2.75, 3.05) is 0 Å². The monoisotopic (exact) mass is 405 g/mol. The van der Waals surface area contributed by atoms with Gasteiger partial charge in [0.05, 0.1) is 24.1 Å². The molecule has 152 valence electrons. The largest absolute Gasteiger partial charge is 0.345 e. The van der Waals surface area contributed by atoms with Crippen LogP contribution in [0, 0.1) is 6.92 Å². The first-order chi connectivity index (χ1) is 15.2. The zero-order valence-electron chi connectivity index (χ0n) is 17.4. The molecule has 0 aliphatic heterocycles. The zero-order valence-corrected chi connectivity index (χ0v) is 17.4. The average Bonchev–Trinajstić information content (AvgIpc) is 3.15. The molecular formula is C27H23N3O. The van der Waals surface area contributed by atoms with E-state index in [-0.39, 0.29) is 5.91 Å². The Kier molecular flexibility index (Phi) is 4.97. The number of benzene rings is 4. The van der Waals surface area contributed by atoms with Crippen LogP contribution < -0.4 is 5.32 Å². The SMILES string of the molecule is Cc1ccccc1C(=O)NCc1nc2ccccc2n1Cc1cccc2ccccc12. The molecule has 0 aliphatic rings. The third kappa shape index (κ3) is 3.68. The molecule has 0 aliphatic carbocycles. The molecule has 0 saturated carbocycles. The predicted octanol–water partition coefficient (Wildman–Crippen LogP) is 5.48. The van der Waals surface area contributed by atoms with Crippen LogP contribution >= 0.6 is 0 Å². The molecule has 1 aromatic heterocycles. The summed E-state index contributed by atoms with van der Waals surface area (Å²) in [5.41, 5.74) is 4.88. The van der Waals surface area contributed by atoms with Gasteiger partial charge in [0.25, 0.3) is 5.91 Å². The number of para-hydroxylation sites is 2. The summed E-state index contributed by atoms with van der Waals surface area (Å²) < 4.78 is 2.20. The van der Waals surface area contributed by atoms with E-state index >= 15 is 0 Å². The van der Waals surface area contributed by atoms with Gasteiger partial charge in [-0.1, -0.05) is 72.8 Å². The highest BCUT2D eigenvalue weighted by atomic mass is 16.1. The smallest absolute Gasteiger partial charge is 0.251 e. The van der Waals surface area contributed by atoms with E-state index < -0.39 is 0 Å². The van der Waals surface area contributed by atoms with Gasteiger partial charge >= 0.3 is 0 Å². The molecule has 4 heteroatoms. The summed E-state index contributed by atoms with van der Waals surface area (Å²) in [5.74, 6) is 0.762. The number of hydrogen-bond acceptors (Lipinski definition) is 2. The number of rotatable bonds is 5. The molecule has 0 unspecified atom stereocenters. The lowest BCUT2D eigenvalue weighted by atomic mass is 10.0. The molecule has 1 N–H and O–H groups in total. The van der Waals surface area contributed by atoms with Gasteiger partial charge in [-0.15, -0.1) is 0 Å². The van der Waals surface area contributed by atoms with E-state index in [4.69, 9.17) is 4.98 Å². The van der Waals surface area contributed by atoms with Crippen LogP contribution in [0.3, 0.4) is 0 Å². The van der Waals surface area contributed by atoms with Crippen molar-refractivity contribution in [3.63, 3.8) is 0 Å². The number of nitrogens with zero attached hydrogens (tertiary/aromatic N) is 2.